The number of esters is 1. The van der Waals surface area contributed by atoms with Crippen LogP contribution in [-0.2, 0) is 14.3 Å². The molecule has 0 spiro atoms. The molecule has 0 saturated heterocycles. The van der Waals surface area contributed by atoms with E-state index in [1.165, 1.54) is 0 Å². The van der Waals surface area contributed by atoms with Crippen molar-refractivity contribution in [1.82, 2.24) is 0 Å². The monoisotopic (exact) mass is 342 g/mol. The fourth-order valence-electron chi connectivity index (χ4n) is 4.13. The quantitative estimate of drug-likeness (QED) is 0.616. The Morgan fingerprint density at radius 3 is 2.32 bits per heavy atom. The second-order valence-electron chi connectivity index (χ2n) is 7.64. The summed E-state index contributed by atoms with van der Waals surface area (Å²) in [5.74, 6) is -0.401. The molecule has 0 N–H and O–H groups in total. The maximum Gasteiger partial charge on any atom is 0.309 e. The summed E-state index contributed by atoms with van der Waals surface area (Å²) in [5, 5.41) is 0. The maximum atomic E-state index is 12.5. The zero-order chi connectivity index (χ0) is 18.1. The summed E-state index contributed by atoms with van der Waals surface area (Å²) < 4.78 is 5.48. The van der Waals surface area contributed by atoms with Gasteiger partial charge >= 0.3 is 5.97 Å². The molecule has 134 valence electrons. The van der Waals surface area contributed by atoms with Gasteiger partial charge in [0.25, 0.3) is 0 Å². The molecule has 0 unspecified atom stereocenters. The molecule has 2 saturated carbocycles. The molecule has 4 heteroatoms. The molecule has 0 aromatic heterocycles. The van der Waals surface area contributed by atoms with E-state index < -0.39 is 6.10 Å². The van der Waals surface area contributed by atoms with E-state index in [0.29, 0.717) is 24.2 Å². The molecule has 3 atom stereocenters. The van der Waals surface area contributed by atoms with Crippen LogP contribution in [0.3, 0.4) is 0 Å². The molecule has 0 amide bonds. The third-order valence-corrected chi connectivity index (χ3v) is 5.83. The molecular weight excluding hydrogens is 316 g/mol. The molecule has 2 bridgehead atoms. The summed E-state index contributed by atoms with van der Waals surface area (Å²) in [6, 6.07) is 5.52. The van der Waals surface area contributed by atoms with Crippen molar-refractivity contribution in [3.05, 3.63) is 34.9 Å². The molecule has 0 aliphatic heterocycles. The standard InChI is InChI=1S/C21H26O4/c1-12-7-8-17(9-13(12)2)19(22)14(3)25-21(24)18-10-15-5-4-6-16(11-18)20(15)23/h7-9,14-16,18H,4-6,10-11H2,1-3H3/t14-,15+,16+/m1/s1. The molecular formula is C21H26O4. The number of Topliss-reactive ketones (excluding diaryl/α,β-unsaturated/α-hetero) is 2. The van der Waals surface area contributed by atoms with Gasteiger partial charge in [-0.05, 0) is 63.6 Å². The van der Waals surface area contributed by atoms with Gasteiger partial charge in [-0.3, -0.25) is 14.4 Å². The first-order chi connectivity index (χ1) is 11.9. The molecule has 0 heterocycles. The third kappa shape index (κ3) is 3.68. The van der Waals surface area contributed by atoms with Crippen LogP contribution in [-0.4, -0.2) is 23.6 Å². The Balaban J connectivity index is 1.63. The fraction of sp³-hybridized carbons (Fsp3) is 0.571. The minimum Gasteiger partial charge on any atom is -0.454 e. The number of carbonyl (C=O) groups excluding carboxylic acids is 3. The lowest BCUT2D eigenvalue weighted by Gasteiger charge is -2.36. The van der Waals surface area contributed by atoms with E-state index in [1.807, 2.05) is 26.0 Å². The zero-order valence-electron chi connectivity index (χ0n) is 15.2. The number of aryl methyl sites for hydroxylation is 2. The summed E-state index contributed by atoms with van der Waals surface area (Å²) in [4.78, 5) is 37.2. The Kier molecular flexibility index (Phi) is 5.07. The summed E-state index contributed by atoms with van der Waals surface area (Å²) in [6.45, 7) is 5.58. The lowest BCUT2D eigenvalue weighted by molar-refractivity contribution is -0.155. The Morgan fingerprint density at radius 1 is 1.08 bits per heavy atom. The number of ether oxygens (including phenoxy) is 1. The highest BCUT2D eigenvalue weighted by Gasteiger charge is 2.42. The Labute approximate surface area is 148 Å². The normalized spacial score (nSPS) is 26.8. The molecule has 2 fully saturated rings. The highest BCUT2D eigenvalue weighted by Crippen LogP contribution is 2.40. The van der Waals surface area contributed by atoms with Gasteiger partial charge in [-0.2, -0.15) is 0 Å². The summed E-state index contributed by atoms with van der Waals surface area (Å²) in [7, 11) is 0. The topological polar surface area (TPSA) is 60.4 Å². The molecule has 2 aliphatic carbocycles. The van der Waals surface area contributed by atoms with Crippen LogP contribution in [0.15, 0.2) is 18.2 Å². The van der Waals surface area contributed by atoms with Crippen molar-refractivity contribution in [2.24, 2.45) is 17.8 Å². The number of fused-ring (bicyclic) bond motifs is 2. The molecule has 3 rings (SSSR count). The highest BCUT2D eigenvalue weighted by atomic mass is 16.5. The fourth-order valence-corrected chi connectivity index (χ4v) is 4.13. The second kappa shape index (κ2) is 7.11. The van der Waals surface area contributed by atoms with Crippen molar-refractivity contribution >= 4 is 17.5 Å². The van der Waals surface area contributed by atoms with Gasteiger partial charge in [0.15, 0.2) is 6.10 Å². The first kappa shape index (κ1) is 17.8. The van der Waals surface area contributed by atoms with Gasteiger partial charge in [0.05, 0.1) is 5.92 Å². The molecule has 2 aliphatic rings. The van der Waals surface area contributed by atoms with Gasteiger partial charge in [-0.15, -0.1) is 0 Å². The van der Waals surface area contributed by atoms with E-state index in [1.54, 1.807) is 13.0 Å². The average molecular weight is 342 g/mol. The summed E-state index contributed by atoms with van der Waals surface area (Å²) in [5.41, 5.74) is 2.74. The lowest BCUT2D eigenvalue weighted by atomic mass is 9.67. The predicted molar refractivity (Wildman–Crippen MR) is 94.4 cm³/mol. The van der Waals surface area contributed by atoms with Gasteiger partial charge in [0.2, 0.25) is 5.78 Å². The van der Waals surface area contributed by atoms with Gasteiger partial charge in [0.1, 0.15) is 5.78 Å². The van der Waals surface area contributed by atoms with Gasteiger partial charge in [-0.25, -0.2) is 0 Å². The SMILES string of the molecule is Cc1ccc(C(=O)[C@@H](C)OC(=O)C2C[C@@H]3CCC[C@@H](C2)C3=O)cc1C. The minimum atomic E-state index is -0.799. The van der Waals surface area contributed by atoms with Crippen molar-refractivity contribution in [2.45, 2.75) is 59.0 Å². The number of carbonyl (C=O) groups is 3. The zero-order valence-corrected chi connectivity index (χ0v) is 15.2. The van der Waals surface area contributed by atoms with Crippen LogP contribution in [0.2, 0.25) is 0 Å². The van der Waals surface area contributed by atoms with E-state index in [9.17, 15) is 14.4 Å². The van der Waals surface area contributed by atoms with E-state index in [4.69, 9.17) is 4.74 Å². The van der Waals surface area contributed by atoms with Gasteiger partial charge < -0.3 is 4.74 Å². The number of ketones is 2. The molecule has 0 radical (unpaired) electrons. The van der Waals surface area contributed by atoms with Gasteiger partial charge in [0, 0.05) is 17.4 Å². The Morgan fingerprint density at radius 2 is 1.72 bits per heavy atom. The van der Waals surface area contributed by atoms with E-state index >= 15 is 0 Å². The number of hydrogen-bond donors (Lipinski definition) is 0. The van der Waals surface area contributed by atoms with Crippen molar-refractivity contribution in [2.75, 3.05) is 0 Å². The van der Waals surface area contributed by atoms with Crippen LogP contribution in [0.4, 0.5) is 0 Å². The number of benzene rings is 1. The van der Waals surface area contributed by atoms with Crippen LogP contribution in [0.5, 0.6) is 0 Å². The van der Waals surface area contributed by atoms with Crippen molar-refractivity contribution < 1.29 is 19.1 Å². The van der Waals surface area contributed by atoms with Gasteiger partial charge in [-0.1, -0.05) is 18.6 Å². The van der Waals surface area contributed by atoms with Crippen LogP contribution >= 0.6 is 0 Å². The van der Waals surface area contributed by atoms with Crippen LogP contribution in [0.1, 0.15) is 60.5 Å². The third-order valence-electron chi connectivity index (χ3n) is 5.83. The first-order valence-electron chi connectivity index (χ1n) is 9.22. The smallest absolute Gasteiger partial charge is 0.309 e. The van der Waals surface area contributed by atoms with Crippen molar-refractivity contribution in [1.29, 1.82) is 0 Å². The van der Waals surface area contributed by atoms with Crippen molar-refractivity contribution in [3.63, 3.8) is 0 Å². The van der Waals surface area contributed by atoms with Crippen LogP contribution in [0.25, 0.3) is 0 Å². The largest absolute Gasteiger partial charge is 0.454 e. The minimum absolute atomic E-state index is 0.0100. The van der Waals surface area contributed by atoms with E-state index in [-0.39, 0.29) is 29.5 Å². The summed E-state index contributed by atoms with van der Waals surface area (Å²) >= 11 is 0. The summed E-state index contributed by atoms with van der Waals surface area (Å²) in [6.07, 6.45) is 3.21. The number of rotatable bonds is 4. The highest BCUT2D eigenvalue weighted by molar-refractivity contribution is 6.00. The first-order valence-corrected chi connectivity index (χ1v) is 9.22. The van der Waals surface area contributed by atoms with Crippen LogP contribution < -0.4 is 0 Å². The average Bonchev–Trinajstić information content (AvgIpc) is 2.56. The van der Waals surface area contributed by atoms with Crippen molar-refractivity contribution in [3.8, 4) is 0 Å². The molecule has 25 heavy (non-hydrogen) atoms. The lowest BCUT2D eigenvalue weighted by Crippen LogP contribution is -2.40. The van der Waals surface area contributed by atoms with E-state index in [2.05, 4.69) is 0 Å². The maximum absolute atomic E-state index is 12.5. The number of hydrogen-bond acceptors (Lipinski definition) is 4. The van der Waals surface area contributed by atoms with Crippen LogP contribution in [0, 0.1) is 31.6 Å². The second-order valence-corrected chi connectivity index (χ2v) is 7.64. The predicted octanol–water partition coefficient (Wildman–Crippen LogP) is 3.81. The Hall–Kier alpha value is -1.97. The molecule has 1 aromatic carbocycles. The molecule has 4 nitrogen and oxygen atoms in total. The molecule has 1 aromatic rings. The Bertz CT molecular complexity index is 690. The van der Waals surface area contributed by atoms with E-state index in [0.717, 1.165) is 30.4 Å².